The largest absolute Gasteiger partial charge is 0.397 e. The van der Waals surface area contributed by atoms with Crippen LogP contribution in [0.1, 0.15) is 0 Å². The molecular weight excluding hydrogens is 284 g/mol. The van der Waals surface area contributed by atoms with Crippen molar-refractivity contribution in [2.45, 2.75) is 9.92 Å². The molecule has 0 aliphatic heterocycles. The Balaban J connectivity index is 1.88. The first-order chi connectivity index (χ1) is 10.3. The number of nitrogen functional groups attached to an aromatic ring is 1. The van der Waals surface area contributed by atoms with Gasteiger partial charge in [0, 0.05) is 16.5 Å². The molecule has 0 radical (unpaired) electrons. The monoisotopic (exact) mass is 294 g/mol. The van der Waals surface area contributed by atoms with E-state index in [0.717, 1.165) is 26.3 Å². The van der Waals surface area contributed by atoms with Crippen LogP contribution in [0.5, 0.6) is 0 Å². The van der Waals surface area contributed by atoms with Crippen LogP contribution in [0, 0.1) is 0 Å². The molecule has 6 nitrogen and oxygen atoms in total. The second kappa shape index (κ2) is 4.71. The van der Waals surface area contributed by atoms with Crippen LogP contribution in [0.2, 0.25) is 0 Å². The zero-order chi connectivity index (χ0) is 14.2. The third kappa shape index (κ3) is 1.98. The number of anilines is 1. The quantitative estimate of drug-likeness (QED) is 0.436. The molecule has 0 spiro atoms. The topological polar surface area (TPSA) is 93.4 Å². The number of aromatic amines is 1. The summed E-state index contributed by atoms with van der Waals surface area (Å²) in [5.41, 5.74) is 8.94. The number of nitrogens with one attached hydrogen (secondary N) is 1. The average Bonchev–Trinajstić information content (AvgIpc) is 3.00. The molecule has 4 rings (SSSR count). The van der Waals surface area contributed by atoms with Crippen LogP contribution < -0.4 is 5.73 Å². The van der Waals surface area contributed by atoms with Crippen LogP contribution in [-0.4, -0.2) is 24.9 Å². The number of benzene rings is 1. The van der Waals surface area contributed by atoms with Crippen molar-refractivity contribution in [3.05, 3.63) is 43.1 Å². The number of hydrogen-bond donors (Lipinski definition) is 2. The van der Waals surface area contributed by atoms with Crippen molar-refractivity contribution < 1.29 is 0 Å². The van der Waals surface area contributed by atoms with Crippen molar-refractivity contribution >= 4 is 39.5 Å². The van der Waals surface area contributed by atoms with E-state index >= 15 is 0 Å². The summed E-state index contributed by atoms with van der Waals surface area (Å²) in [7, 11) is 0. The highest BCUT2D eigenvalue weighted by Crippen LogP contribution is 2.35. The van der Waals surface area contributed by atoms with Crippen molar-refractivity contribution in [1.29, 1.82) is 0 Å². The molecule has 0 unspecified atom stereocenters. The number of nitrogens with two attached hydrogens (primary N) is 1. The molecule has 0 saturated carbocycles. The fraction of sp³-hybridized carbons (Fsp3) is 0. The molecule has 4 aromatic rings. The van der Waals surface area contributed by atoms with E-state index in [1.54, 1.807) is 24.3 Å². The summed E-state index contributed by atoms with van der Waals surface area (Å²) < 4.78 is 0. The van der Waals surface area contributed by atoms with Crippen molar-refractivity contribution in [1.82, 2.24) is 24.9 Å². The van der Waals surface area contributed by atoms with Crippen LogP contribution in [0.4, 0.5) is 5.69 Å². The zero-order valence-corrected chi connectivity index (χ0v) is 11.6. The van der Waals surface area contributed by atoms with Gasteiger partial charge in [-0.15, -0.1) is 0 Å². The molecule has 0 bridgehead atoms. The number of aromatic nitrogens is 5. The normalized spacial score (nSPS) is 11.2. The highest BCUT2D eigenvalue weighted by molar-refractivity contribution is 7.99. The van der Waals surface area contributed by atoms with Gasteiger partial charge in [-0.2, -0.15) is 0 Å². The minimum atomic E-state index is 0.658. The summed E-state index contributed by atoms with van der Waals surface area (Å²) in [6, 6.07) is 7.75. The maximum atomic E-state index is 5.98. The molecule has 0 amide bonds. The fourth-order valence-corrected chi connectivity index (χ4v) is 3.15. The number of H-pyrrole nitrogens is 1. The van der Waals surface area contributed by atoms with E-state index in [-0.39, 0.29) is 0 Å². The lowest BCUT2D eigenvalue weighted by atomic mass is 10.2. The Labute approximate surface area is 123 Å². The van der Waals surface area contributed by atoms with E-state index in [2.05, 4.69) is 24.9 Å². The van der Waals surface area contributed by atoms with Gasteiger partial charge in [-0.1, -0.05) is 17.8 Å². The first-order valence-corrected chi connectivity index (χ1v) is 7.10. The van der Waals surface area contributed by atoms with Crippen molar-refractivity contribution in [3.63, 3.8) is 0 Å². The van der Waals surface area contributed by atoms with Gasteiger partial charge in [0.15, 0.2) is 5.65 Å². The van der Waals surface area contributed by atoms with E-state index in [4.69, 9.17) is 5.73 Å². The molecule has 1 aromatic carbocycles. The summed E-state index contributed by atoms with van der Waals surface area (Å²) in [5, 5.41) is 1.83. The van der Waals surface area contributed by atoms with E-state index in [9.17, 15) is 0 Å². The second-order valence-corrected chi connectivity index (χ2v) is 5.47. The highest BCUT2D eigenvalue weighted by Gasteiger charge is 2.11. The minimum absolute atomic E-state index is 0.658. The lowest BCUT2D eigenvalue weighted by Crippen LogP contribution is -1.91. The van der Waals surface area contributed by atoms with Crippen LogP contribution in [0.25, 0.3) is 22.1 Å². The fourth-order valence-electron chi connectivity index (χ4n) is 2.18. The van der Waals surface area contributed by atoms with Crippen LogP contribution >= 0.6 is 11.8 Å². The summed E-state index contributed by atoms with van der Waals surface area (Å²) in [6.07, 6.45) is 4.88. The Hall–Kier alpha value is -2.67. The number of nitrogens with zero attached hydrogens (tertiary/aromatic N) is 4. The van der Waals surface area contributed by atoms with Gasteiger partial charge in [0.1, 0.15) is 16.9 Å². The van der Waals surface area contributed by atoms with Gasteiger partial charge in [-0.3, -0.25) is 4.98 Å². The Morgan fingerprint density at radius 2 is 2.00 bits per heavy atom. The SMILES string of the molecule is Nc1ccc(Sc2ncnc3nc[nH]c23)c2cccnc12. The van der Waals surface area contributed by atoms with Gasteiger partial charge in [-0.25, -0.2) is 15.0 Å². The molecule has 0 saturated heterocycles. The molecule has 0 aliphatic rings. The molecule has 3 N–H and O–H groups in total. The number of pyridine rings is 1. The summed E-state index contributed by atoms with van der Waals surface area (Å²) in [6.45, 7) is 0. The average molecular weight is 294 g/mol. The molecule has 21 heavy (non-hydrogen) atoms. The van der Waals surface area contributed by atoms with Gasteiger partial charge in [0.25, 0.3) is 0 Å². The van der Waals surface area contributed by atoms with Gasteiger partial charge >= 0.3 is 0 Å². The Morgan fingerprint density at radius 1 is 1.05 bits per heavy atom. The van der Waals surface area contributed by atoms with Crippen molar-refractivity contribution in [3.8, 4) is 0 Å². The van der Waals surface area contributed by atoms with Gasteiger partial charge < -0.3 is 10.7 Å². The molecule has 0 atom stereocenters. The van der Waals surface area contributed by atoms with Crippen LogP contribution in [0.15, 0.2) is 53.0 Å². The van der Waals surface area contributed by atoms with Gasteiger partial charge in [0.05, 0.1) is 17.5 Å². The maximum Gasteiger partial charge on any atom is 0.181 e. The number of fused-ring (bicyclic) bond motifs is 2. The number of imidazole rings is 1. The van der Waals surface area contributed by atoms with Crippen LogP contribution in [-0.2, 0) is 0 Å². The standard InChI is InChI=1S/C14H10N6S/c15-9-3-4-10(8-2-1-5-16-11(8)9)21-14-12-13(18-6-17-12)19-7-20-14/h1-7H,15H2,(H,17,18,19,20). The molecular formula is C14H10N6S. The molecule has 7 heteroatoms. The van der Waals surface area contributed by atoms with E-state index in [1.165, 1.54) is 6.33 Å². The predicted molar refractivity (Wildman–Crippen MR) is 82.0 cm³/mol. The number of rotatable bonds is 2. The van der Waals surface area contributed by atoms with Crippen LogP contribution in [0.3, 0.4) is 0 Å². The number of hydrogen-bond acceptors (Lipinski definition) is 6. The summed E-state index contributed by atoms with van der Waals surface area (Å²) in [5.74, 6) is 0. The highest BCUT2D eigenvalue weighted by atomic mass is 32.2. The molecule has 0 fully saturated rings. The Morgan fingerprint density at radius 3 is 2.95 bits per heavy atom. The third-order valence-corrected chi connectivity index (χ3v) is 4.23. The molecule has 102 valence electrons. The van der Waals surface area contributed by atoms with E-state index < -0.39 is 0 Å². The van der Waals surface area contributed by atoms with Gasteiger partial charge in [0.2, 0.25) is 0 Å². The summed E-state index contributed by atoms with van der Waals surface area (Å²) >= 11 is 1.54. The molecule has 3 aromatic heterocycles. The zero-order valence-electron chi connectivity index (χ0n) is 10.8. The lowest BCUT2D eigenvalue weighted by molar-refractivity contribution is 1.09. The van der Waals surface area contributed by atoms with Crippen molar-refractivity contribution in [2.24, 2.45) is 0 Å². The van der Waals surface area contributed by atoms with E-state index in [0.29, 0.717) is 11.3 Å². The first-order valence-electron chi connectivity index (χ1n) is 6.28. The van der Waals surface area contributed by atoms with Gasteiger partial charge in [-0.05, 0) is 18.2 Å². The Kier molecular flexibility index (Phi) is 2.71. The second-order valence-electron chi connectivity index (χ2n) is 4.43. The minimum Gasteiger partial charge on any atom is -0.397 e. The Bertz CT molecular complexity index is 948. The lowest BCUT2D eigenvalue weighted by Gasteiger charge is -2.07. The smallest absolute Gasteiger partial charge is 0.181 e. The predicted octanol–water partition coefficient (Wildman–Crippen LogP) is 2.63. The molecule has 3 heterocycles. The maximum absolute atomic E-state index is 5.98. The third-order valence-electron chi connectivity index (χ3n) is 3.16. The molecule has 0 aliphatic carbocycles. The first kappa shape index (κ1) is 12.1. The van der Waals surface area contributed by atoms with E-state index in [1.807, 2.05) is 24.3 Å². The summed E-state index contributed by atoms with van der Waals surface area (Å²) in [4.78, 5) is 21.1. The van der Waals surface area contributed by atoms with Crippen molar-refractivity contribution in [2.75, 3.05) is 5.73 Å².